The Morgan fingerprint density at radius 3 is 2.40 bits per heavy atom. The van der Waals surface area contributed by atoms with Gasteiger partial charge in [0, 0.05) is 12.6 Å². The minimum atomic E-state index is -0.345. The average molecular weight is 283 g/mol. The first-order chi connectivity index (χ1) is 9.62. The van der Waals surface area contributed by atoms with E-state index in [0.717, 1.165) is 12.8 Å². The van der Waals surface area contributed by atoms with Gasteiger partial charge >= 0.3 is 0 Å². The molecule has 0 heterocycles. The Bertz CT molecular complexity index is 404. The van der Waals surface area contributed by atoms with Crippen LogP contribution >= 0.6 is 0 Å². The van der Waals surface area contributed by atoms with Crippen LogP contribution in [0.3, 0.4) is 0 Å². The number of aliphatic hydroxyl groups excluding tert-OH is 1. The SMILES string of the molecule is CCC(CC)N(CCO)C(=O)COc1ccc(F)cc1. The number of ether oxygens (including phenoxy) is 1. The number of halogens is 1. The Morgan fingerprint density at radius 1 is 1.30 bits per heavy atom. The number of nitrogens with zero attached hydrogens (tertiary/aromatic N) is 1. The highest BCUT2D eigenvalue weighted by atomic mass is 19.1. The molecule has 0 radical (unpaired) electrons. The smallest absolute Gasteiger partial charge is 0.260 e. The largest absolute Gasteiger partial charge is 0.484 e. The Morgan fingerprint density at radius 2 is 1.90 bits per heavy atom. The predicted molar refractivity (Wildman–Crippen MR) is 75.1 cm³/mol. The summed E-state index contributed by atoms with van der Waals surface area (Å²) in [4.78, 5) is 13.8. The van der Waals surface area contributed by atoms with Crippen molar-refractivity contribution in [1.82, 2.24) is 4.90 Å². The van der Waals surface area contributed by atoms with E-state index in [4.69, 9.17) is 9.84 Å². The summed E-state index contributed by atoms with van der Waals surface area (Å²) in [6, 6.07) is 5.64. The van der Waals surface area contributed by atoms with Crippen LogP contribution in [0.25, 0.3) is 0 Å². The topological polar surface area (TPSA) is 49.8 Å². The maximum Gasteiger partial charge on any atom is 0.260 e. The molecule has 112 valence electrons. The summed E-state index contributed by atoms with van der Waals surface area (Å²) < 4.78 is 18.1. The Balaban J connectivity index is 2.59. The van der Waals surface area contributed by atoms with Crippen molar-refractivity contribution in [3.8, 4) is 5.75 Å². The van der Waals surface area contributed by atoms with E-state index in [-0.39, 0.29) is 31.0 Å². The zero-order valence-electron chi connectivity index (χ0n) is 12.0. The summed E-state index contributed by atoms with van der Waals surface area (Å²) in [6.07, 6.45) is 1.66. The lowest BCUT2D eigenvalue weighted by Gasteiger charge is -2.29. The van der Waals surface area contributed by atoms with E-state index < -0.39 is 0 Å². The van der Waals surface area contributed by atoms with Gasteiger partial charge in [-0.2, -0.15) is 0 Å². The summed E-state index contributed by atoms with van der Waals surface area (Å²) in [6.45, 7) is 4.14. The highest BCUT2D eigenvalue weighted by Crippen LogP contribution is 2.13. The van der Waals surface area contributed by atoms with Crippen molar-refractivity contribution >= 4 is 5.91 Å². The van der Waals surface area contributed by atoms with Gasteiger partial charge in [-0.25, -0.2) is 4.39 Å². The lowest BCUT2D eigenvalue weighted by atomic mass is 10.1. The molecule has 0 fully saturated rings. The van der Waals surface area contributed by atoms with Crippen molar-refractivity contribution in [3.63, 3.8) is 0 Å². The van der Waals surface area contributed by atoms with E-state index >= 15 is 0 Å². The minimum absolute atomic E-state index is 0.0706. The minimum Gasteiger partial charge on any atom is -0.484 e. The van der Waals surface area contributed by atoms with Crippen LogP contribution in [-0.4, -0.2) is 41.7 Å². The van der Waals surface area contributed by atoms with Crippen molar-refractivity contribution in [2.45, 2.75) is 32.7 Å². The van der Waals surface area contributed by atoms with Crippen LogP contribution < -0.4 is 4.74 Å². The van der Waals surface area contributed by atoms with E-state index in [1.807, 2.05) is 13.8 Å². The lowest BCUT2D eigenvalue weighted by Crippen LogP contribution is -2.43. The molecule has 0 spiro atoms. The maximum atomic E-state index is 12.8. The quantitative estimate of drug-likeness (QED) is 0.796. The maximum absolute atomic E-state index is 12.8. The van der Waals surface area contributed by atoms with Crippen LogP contribution in [0, 0.1) is 5.82 Å². The monoisotopic (exact) mass is 283 g/mol. The van der Waals surface area contributed by atoms with Crippen LogP contribution in [0.1, 0.15) is 26.7 Å². The molecule has 0 aliphatic rings. The van der Waals surface area contributed by atoms with Crippen LogP contribution in [-0.2, 0) is 4.79 Å². The fourth-order valence-corrected chi connectivity index (χ4v) is 2.11. The summed E-state index contributed by atoms with van der Waals surface area (Å²) >= 11 is 0. The molecule has 0 atom stereocenters. The molecule has 1 N–H and O–H groups in total. The second-order valence-corrected chi connectivity index (χ2v) is 4.52. The average Bonchev–Trinajstić information content (AvgIpc) is 2.46. The van der Waals surface area contributed by atoms with Crippen LogP contribution in [0.5, 0.6) is 5.75 Å². The molecule has 0 aliphatic heterocycles. The standard InChI is InChI=1S/C15H22FNO3/c1-3-13(4-2)17(9-10-18)15(19)11-20-14-7-5-12(16)6-8-14/h5-8,13,18H,3-4,9-11H2,1-2H3. The third kappa shape index (κ3) is 4.81. The van der Waals surface area contributed by atoms with Gasteiger partial charge < -0.3 is 14.7 Å². The van der Waals surface area contributed by atoms with Crippen molar-refractivity contribution in [1.29, 1.82) is 0 Å². The first-order valence-electron chi connectivity index (χ1n) is 6.91. The Hall–Kier alpha value is -1.62. The van der Waals surface area contributed by atoms with Gasteiger partial charge in [-0.3, -0.25) is 4.79 Å². The third-order valence-corrected chi connectivity index (χ3v) is 3.22. The fraction of sp³-hybridized carbons (Fsp3) is 0.533. The normalized spacial score (nSPS) is 10.7. The molecule has 0 aromatic heterocycles. The van der Waals surface area contributed by atoms with Gasteiger partial charge in [-0.05, 0) is 37.1 Å². The Labute approximate surface area is 119 Å². The number of carbonyl (C=O) groups excluding carboxylic acids is 1. The predicted octanol–water partition coefficient (Wildman–Crippen LogP) is 2.21. The number of hydrogen-bond donors (Lipinski definition) is 1. The first-order valence-corrected chi connectivity index (χ1v) is 6.91. The van der Waals surface area contributed by atoms with Gasteiger partial charge in [-0.1, -0.05) is 13.8 Å². The number of hydrogen-bond acceptors (Lipinski definition) is 3. The van der Waals surface area contributed by atoms with Crippen molar-refractivity contribution in [3.05, 3.63) is 30.1 Å². The molecule has 1 amide bonds. The molecular weight excluding hydrogens is 261 g/mol. The molecule has 0 saturated carbocycles. The molecular formula is C15H22FNO3. The Kier molecular flexibility index (Phi) is 7.01. The molecule has 0 saturated heterocycles. The van der Waals surface area contributed by atoms with Gasteiger partial charge in [0.1, 0.15) is 11.6 Å². The zero-order valence-corrected chi connectivity index (χ0v) is 12.0. The van der Waals surface area contributed by atoms with Gasteiger partial charge in [0.15, 0.2) is 6.61 Å². The van der Waals surface area contributed by atoms with E-state index in [0.29, 0.717) is 12.3 Å². The number of rotatable bonds is 8. The number of carbonyl (C=O) groups is 1. The van der Waals surface area contributed by atoms with E-state index in [2.05, 4.69) is 0 Å². The molecule has 1 rings (SSSR count). The highest BCUT2D eigenvalue weighted by molar-refractivity contribution is 5.78. The van der Waals surface area contributed by atoms with Crippen molar-refractivity contribution in [2.24, 2.45) is 0 Å². The third-order valence-electron chi connectivity index (χ3n) is 3.22. The summed E-state index contributed by atoms with van der Waals surface area (Å²) in [7, 11) is 0. The molecule has 20 heavy (non-hydrogen) atoms. The summed E-state index contributed by atoms with van der Waals surface area (Å²) in [5, 5.41) is 9.06. The number of benzene rings is 1. The number of aliphatic hydroxyl groups is 1. The van der Waals surface area contributed by atoms with E-state index in [1.165, 1.54) is 24.3 Å². The van der Waals surface area contributed by atoms with Crippen molar-refractivity contribution in [2.75, 3.05) is 19.8 Å². The second-order valence-electron chi connectivity index (χ2n) is 4.52. The van der Waals surface area contributed by atoms with Crippen LogP contribution in [0.4, 0.5) is 4.39 Å². The molecule has 0 bridgehead atoms. The molecule has 1 aromatic carbocycles. The lowest BCUT2D eigenvalue weighted by molar-refractivity contribution is -0.136. The molecule has 0 aliphatic carbocycles. The second kappa shape index (κ2) is 8.53. The first kappa shape index (κ1) is 16.4. The molecule has 1 aromatic rings. The molecule has 4 nitrogen and oxygen atoms in total. The van der Waals surface area contributed by atoms with Gasteiger partial charge in [0.05, 0.1) is 6.61 Å². The van der Waals surface area contributed by atoms with Crippen LogP contribution in [0.15, 0.2) is 24.3 Å². The van der Waals surface area contributed by atoms with Crippen molar-refractivity contribution < 1.29 is 19.0 Å². The van der Waals surface area contributed by atoms with E-state index in [9.17, 15) is 9.18 Å². The highest BCUT2D eigenvalue weighted by Gasteiger charge is 2.20. The van der Waals surface area contributed by atoms with Gasteiger partial charge in [0.2, 0.25) is 0 Å². The molecule has 0 unspecified atom stereocenters. The number of amides is 1. The zero-order chi connectivity index (χ0) is 15.0. The van der Waals surface area contributed by atoms with E-state index in [1.54, 1.807) is 4.90 Å². The van der Waals surface area contributed by atoms with Gasteiger partial charge in [-0.15, -0.1) is 0 Å². The van der Waals surface area contributed by atoms with Crippen LogP contribution in [0.2, 0.25) is 0 Å². The summed E-state index contributed by atoms with van der Waals surface area (Å²) in [5.74, 6) is -0.0621. The molecule has 5 heteroatoms. The summed E-state index contributed by atoms with van der Waals surface area (Å²) in [5.41, 5.74) is 0. The fourth-order valence-electron chi connectivity index (χ4n) is 2.11. The van der Waals surface area contributed by atoms with Gasteiger partial charge in [0.25, 0.3) is 5.91 Å².